The van der Waals surface area contributed by atoms with Gasteiger partial charge in [0, 0.05) is 6.54 Å². The maximum Gasteiger partial charge on any atom is 0.472 e. The second kappa shape index (κ2) is 3.23. The van der Waals surface area contributed by atoms with Crippen LogP contribution in [0.25, 0.3) is 0 Å². The summed E-state index contributed by atoms with van der Waals surface area (Å²) in [5.41, 5.74) is 0. The number of halogens is 4. The second-order valence-corrected chi connectivity index (χ2v) is 2.34. The number of hydrogen-bond donors (Lipinski definition) is 0. The fourth-order valence-corrected chi connectivity index (χ4v) is 0.482. The topological polar surface area (TPSA) is 20.3 Å². The predicted octanol–water partition coefficient (Wildman–Crippen LogP) is 1.71. The van der Waals surface area contributed by atoms with Gasteiger partial charge in [0.2, 0.25) is 0 Å². The molecule has 0 atom stereocenters. The van der Waals surface area contributed by atoms with Crippen LogP contribution < -0.4 is 0 Å². The van der Waals surface area contributed by atoms with E-state index in [1.54, 1.807) is 0 Å². The SMILES string of the molecule is CCN(Br)C(=O)C(F)(F)F. The van der Waals surface area contributed by atoms with Crippen molar-refractivity contribution in [1.29, 1.82) is 0 Å². The molecule has 0 fully saturated rings. The Morgan fingerprint density at radius 2 is 2.00 bits per heavy atom. The maximum absolute atomic E-state index is 11.5. The first-order valence-electron chi connectivity index (χ1n) is 2.44. The first kappa shape index (κ1) is 9.74. The Kier molecular flexibility index (Phi) is 3.14. The Morgan fingerprint density at radius 3 is 2.10 bits per heavy atom. The molecule has 0 aromatic heterocycles. The molecule has 0 aliphatic rings. The third kappa shape index (κ3) is 2.55. The lowest BCUT2D eigenvalue weighted by Crippen LogP contribution is -2.34. The third-order valence-electron chi connectivity index (χ3n) is 0.741. The quantitative estimate of drug-likeness (QED) is 0.616. The number of carbonyl (C=O) groups excluding carboxylic acids is 1. The van der Waals surface area contributed by atoms with E-state index in [-0.39, 0.29) is 6.54 Å². The summed E-state index contributed by atoms with van der Waals surface area (Å²) in [6.07, 6.45) is -4.78. The van der Waals surface area contributed by atoms with E-state index < -0.39 is 12.1 Å². The fourth-order valence-electron chi connectivity index (χ4n) is 0.281. The van der Waals surface area contributed by atoms with Crippen molar-refractivity contribution in [3.8, 4) is 0 Å². The molecule has 6 heteroatoms. The minimum atomic E-state index is -4.78. The standard InChI is InChI=1S/C4H5BrF3NO/c1-2-9(5)3(10)4(6,7)8/h2H2,1H3. The Morgan fingerprint density at radius 1 is 1.60 bits per heavy atom. The van der Waals surface area contributed by atoms with E-state index >= 15 is 0 Å². The van der Waals surface area contributed by atoms with Crippen LogP contribution in [-0.4, -0.2) is 22.6 Å². The molecule has 0 aliphatic carbocycles. The van der Waals surface area contributed by atoms with Crippen molar-refractivity contribution in [1.82, 2.24) is 3.93 Å². The van der Waals surface area contributed by atoms with Crippen LogP contribution in [0.2, 0.25) is 0 Å². The Labute approximate surface area is 64.3 Å². The molecule has 0 saturated heterocycles. The van der Waals surface area contributed by atoms with E-state index in [0.717, 1.165) is 0 Å². The van der Waals surface area contributed by atoms with Crippen LogP contribution in [0.3, 0.4) is 0 Å². The van der Waals surface area contributed by atoms with Gasteiger partial charge >= 0.3 is 12.1 Å². The second-order valence-electron chi connectivity index (χ2n) is 1.48. The molecule has 0 bridgehead atoms. The highest BCUT2D eigenvalue weighted by Gasteiger charge is 2.41. The zero-order valence-corrected chi connectivity index (χ0v) is 6.66. The van der Waals surface area contributed by atoms with Crippen LogP contribution in [0.4, 0.5) is 13.2 Å². The number of carbonyl (C=O) groups is 1. The first-order chi connectivity index (χ1) is 4.39. The van der Waals surface area contributed by atoms with Crippen molar-refractivity contribution in [2.24, 2.45) is 0 Å². The van der Waals surface area contributed by atoms with Crippen LogP contribution >= 0.6 is 16.1 Å². The highest BCUT2D eigenvalue weighted by Crippen LogP contribution is 2.19. The molecule has 0 N–H and O–H groups in total. The average Bonchev–Trinajstić information content (AvgIpc) is 1.83. The van der Waals surface area contributed by atoms with Crippen LogP contribution in [0.15, 0.2) is 0 Å². The van der Waals surface area contributed by atoms with Crippen molar-refractivity contribution in [2.75, 3.05) is 6.54 Å². The van der Waals surface area contributed by atoms with E-state index in [4.69, 9.17) is 0 Å². The molecule has 0 heterocycles. The number of hydrogen-bond acceptors (Lipinski definition) is 1. The molecule has 0 aromatic rings. The predicted molar refractivity (Wildman–Crippen MR) is 32.4 cm³/mol. The largest absolute Gasteiger partial charge is 0.472 e. The molecule has 0 rings (SSSR count). The van der Waals surface area contributed by atoms with Crippen LogP contribution in [-0.2, 0) is 4.79 Å². The van der Waals surface area contributed by atoms with Crippen LogP contribution in [0.1, 0.15) is 6.92 Å². The van der Waals surface area contributed by atoms with Gasteiger partial charge in [0.15, 0.2) is 0 Å². The smallest absolute Gasteiger partial charge is 0.271 e. The van der Waals surface area contributed by atoms with Crippen LogP contribution in [0.5, 0.6) is 0 Å². The lowest BCUT2D eigenvalue weighted by Gasteiger charge is -2.12. The van der Waals surface area contributed by atoms with E-state index in [1.165, 1.54) is 6.92 Å². The average molecular weight is 220 g/mol. The molecule has 0 saturated carbocycles. The molecule has 60 valence electrons. The highest BCUT2D eigenvalue weighted by molar-refractivity contribution is 9.07. The van der Waals surface area contributed by atoms with Crippen molar-refractivity contribution >= 4 is 22.1 Å². The summed E-state index contributed by atoms with van der Waals surface area (Å²) >= 11 is 2.44. The Balaban J connectivity index is 4.09. The minimum absolute atomic E-state index is 0.0155. The first-order valence-corrected chi connectivity index (χ1v) is 3.15. The van der Waals surface area contributed by atoms with Gasteiger partial charge in [-0.1, -0.05) is 0 Å². The molecular formula is C4H5BrF3NO. The van der Waals surface area contributed by atoms with Gasteiger partial charge in [-0.3, -0.25) is 8.72 Å². The summed E-state index contributed by atoms with van der Waals surface area (Å²) in [5.74, 6) is -1.88. The molecule has 0 spiro atoms. The van der Waals surface area contributed by atoms with E-state index in [1.807, 2.05) is 0 Å². The summed E-state index contributed by atoms with van der Waals surface area (Å²) in [4.78, 5) is 10.1. The molecule has 0 aromatic carbocycles. The van der Waals surface area contributed by atoms with Crippen molar-refractivity contribution in [3.05, 3.63) is 0 Å². The zero-order valence-electron chi connectivity index (χ0n) is 5.07. The molecule has 1 amide bonds. The summed E-state index contributed by atoms with van der Waals surface area (Å²) < 4.78 is 34.8. The lowest BCUT2D eigenvalue weighted by molar-refractivity contribution is -0.179. The van der Waals surface area contributed by atoms with Crippen molar-refractivity contribution in [3.63, 3.8) is 0 Å². The fraction of sp³-hybridized carbons (Fsp3) is 0.750. The van der Waals surface area contributed by atoms with Gasteiger partial charge in [0.05, 0.1) is 16.1 Å². The minimum Gasteiger partial charge on any atom is -0.271 e. The third-order valence-corrected chi connectivity index (χ3v) is 1.56. The van der Waals surface area contributed by atoms with Gasteiger partial charge < -0.3 is 0 Å². The van der Waals surface area contributed by atoms with Crippen molar-refractivity contribution < 1.29 is 18.0 Å². The number of alkyl halides is 3. The number of rotatable bonds is 1. The summed E-state index contributed by atoms with van der Waals surface area (Å²) in [5, 5.41) is 0. The summed E-state index contributed by atoms with van der Waals surface area (Å²) in [7, 11) is 0. The van der Waals surface area contributed by atoms with Crippen LogP contribution in [0, 0.1) is 0 Å². The highest BCUT2D eigenvalue weighted by atomic mass is 79.9. The lowest BCUT2D eigenvalue weighted by atomic mass is 10.6. The van der Waals surface area contributed by atoms with E-state index in [2.05, 4.69) is 16.1 Å². The molecule has 0 aliphatic heterocycles. The molecular weight excluding hydrogens is 215 g/mol. The van der Waals surface area contributed by atoms with Crippen molar-refractivity contribution in [2.45, 2.75) is 13.1 Å². The monoisotopic (exact) mass is 219 g/mol. The van der Waals surface area contributed by atoms with E-state index in [0.29, 0.717) is 3.93 Å². The van der Waals surface area contributed by atoms with Gasteiger partial charge in [-0.2, -0.15) is 13.2 Å². The van der Waals surface area contributed by atoms with Gasteiger partial charge in [0.1, 0.15) is 0 Å². The maximum atomic E-state index is 11.5. The summed E-state index contributed by atoms with van der Waals surface area (Å²) in [6, 6.07) is 0. The Hall–Kier alpha value is -0.260. The number of nitrogens with zero attached hydrogens (tertiary/aromatic N) is 1. The van der Waals surface area contributed by atoms with Gasteiger partial charge in [-0.15, -0.1) is 0 Å². The number of amides is 1. The zero-order chi connectivity index (χ0) is 8.36. The normalized spacial score (nSPS) is 11.3. The Bertz CT molecular complexity index is 135. The molecule has 2 nitrogen and oxygen atoms in total. The molecule has 0 unspecified atom stereocenters. The molecule has 0 radical (unpaired) electrons. The summed E-state index contributed by atoms with van der Waals surface area (Å²) in [6.45, 7) is 1.41. The molecule has 10 heavy (non-hydrogen) atoms. The van der Waals surface area contributed by atoms with Gasteiger partial charge in [0.25, 0.3) is 0 Å². The van der Waals surface area contributed by atoms with Gasteiger partial charge in [-0.25, -0.2) is 0 Å². The van der Waals surface area contributed by atoms with E-state index in [9.17, 15) is 18.0 Å². The van der Waals surface area contributed by atoms with Gasteiger partial charge in [-0.05, 0) is 6.92 Å².